The van der Waals surface area contributed by atoms with Gasteiger partial charge in [-0.15, -0.1) is 0 Å². The third kappa shape index (κ3) is 3.97. The summed E-state index contributed by atoms with van der Waals surface area (Å²) in [6, 6.07) is 7.65. The Hall–Kier alpha value is -1.73. The molecule has 0 amide bonds. The van der Waals surface area contributed by atoms with Crippen LogP contribution in [0, 0.1) is 11.3 Å². The van der Waals surface area contributed by atoms with E-state index in [1.54, 1.807) is 13.2 Å². The highest BCUT2D eigenvalue weighted by Crippen LogP contribution is 2.26. The first-order valence-corrected chi connectivity index (χ1v) is 5.63. The van der Waals surface area contributed by atoms with Gasteiger partial charge in [0.1, 0.15) is 17.6 Å². The summed E-state index contributed by atoms with van der Waals surface area (Å²) >= 11 is 0. The van der Waals surface area contributed by atoms with Gasteiger partial charge in [0, 0.05) is 12.1 Å². The minimum Gasteiger partial charge on any atom is -0.497 e. The summed E-state index contributed by atoms with van der Waals surface area (Å²) in [5.74, 6) is 1.39. The van der Waals surface area contributed by atoms with Crippen LogP contribution in [0.3, 0.4) is 0 Å². The van der Waals surface area contributed by atoms with Gasteiger partial charge < -0.3 is 15.2 Å². The number of hydrogen-bond donors (Lipinski definition) is 1. The largest absolute Gasteiger partial charge is 0.497 e. The molecule has 0 aliphatic carbocycles. The van der Waals surface area contributed by atoms with E-state index in [1.807, 2.05) is 25.1 Å². The second-order valence-electron chi connectivity index (χ2n) is 3.79. The number of benzene rings is 1. The van der Waals surface area contributed by atoms with E-state index in [-0.39, 0.29) is 12.6 Å². The van der Waals surface area contributed by atoms with E-state index in [4.69, 9.17) is 20.5 Å². The normalized spacial score (nSPS) is 11.6. The summed E-state index contributed by atoms with van der Waals surface area (Å²) in [5.41, 5.74) is 6.93. The van der Waals surface area contributed by atoms with Crippen molar-refractivity contribution in [2.45, 2.75) is 25.8 Å². The Bertz CT molecular complexity index is 399. The van der Waals surface area contributed by atoms with E-state index in [0.29, 0.717) is 11.5 Å². The van der Waals surface area contributed by atoms with Gasteiger partial charge in [-0.25, -0.2) is 0 Å². The molecule has 1 rings (SSSR count). The Labute approximate surface area is 102 Å². The van der Waals surface area contributed by atoms with E-state index in [9.17, 15) is 0 Å². The number of methoxy groups -OCH3 is 1. The molecule has 2 N–H and O–H groups in total. The topological polar surface area (TPSA) is 68.3 Å². The molecule has 0 aromatic heterocycles. The molecule has 0 radical (unpaired) electrons. The summed E-state index contributed by atoms with van der Waals surface area (Å²) in [6.45, 7) is 2.07. The summed E-state index contributed by atoms with van der Waals surface area (Å²) in [4.78, 5) is 0. The minimum atomic E-state index is 0.0293. The molecule has 1 atom stereocenters. The molecule has 0 bridgehead atoms. The van der Waals surface area contributed by atoms with E-state index in [1.165, 1.54) is 0 Å². The average molecular weight is 234 g/mol. The van der Waals surface area contributed by atoms with Crippen molar-refractivity contribution in [3.05, 3.63) is 23.8 Å². The molecular weight excluding hydrogens is 216 g/mol. The second-order valence-corrected chi connectivity index (χ2v) is 3.79. The van der Waals surface area contributed by atoms with Crippen LogP contribution < -0.4 is 15.2 Å². The first kappa shape index (κ1) is 13.3. The average Bonchev–Trinajstić information content (AvgIpc) is 2.37. The molecule has 0 spiro atoms. The molecule has 0 saturated heterocycles. The number of hydrogen-bond acceptors (Lipinski definition) is 4. The Morgan fingerprint density at radius 3 is 2.82 bits per heavy atom. The van der Waals surface area contributed by atoms with Crippen molar-refractivity contribution in [3.63, 3.8) is 0 Å². The predicted octanol–water partition coefficient (Wildman–Crippen LogP) is 1.88. The fraction of sp³-hybridized carbons (Fsp3) is 0.462. The zero-order valence-corrected chi connectivity index (χ0v) is 10.3. The maximum absolute atomic E-state index is 8.54. The summed E-state index contributed by atoms with van der Waals surface area (Å²) < 4.78 is 10.5. The number of nitrogens with zero attached hydrogens (tertiary/aromatic N) is 1. The number of nitriles is 1. The van der Waals surface area contributed by atoms with E-state index in [0.717, 1.165) is 18.4 Å². The molecular formula is C13H18N2O2. The van der Waals surface area contributed by atoms with Crippen molar-refractivity contribution in [1.29, 1.82) is 5.26 Å². The number of nitrogens with two attached hydrogens (primary N) is 1. The molecule has 17 heavy (non-hydrogen) atoms. The molecule has 0 saturated carbocycles. The van der Waals surface area contributed by atoms with Gasteiger partial charge in [-0.2, -0.15) is 5.26 Å². The van der Waals surface area contributed by atoms with Crippen molar-refractivity contribution >= 4 is 0 Å². The van der Waals surface area contributed by atoms with Crippen LogP contribution in [0.4, 0.5) is 0 Å². The van der Waals surface area contributed by atoms with E-state index < -0.39 is 0 Å². The SMILES string of the molecule is CCC(N)Cc1ccc(OC)cc1OCC#N. The van der Waals surface area contributed by atoms with Crippen molar-refractivity contribution < 1.29 is 9.47 Å². The van der Waals surface area contributed by atoms with Crippen LogP contribution in [0.25, 0.3) is 0 Å². The van der Waals surface area contributed by atoms with Gasteiger partial charge in [0.25, 0.3) is 0 Å². The third-order valence-electron chi connectivity index (χ3n) is 2.57. The highest BCUT2D eigenvalue weighted by atomic mass is 16.5. The van der Waals surface area contributed by atoms with Crippen molar-refractivity contribution in [2.24, 2.45) is 5.73 Å². The van der Waals surface area contributed by atoms with Gasteiger partial charge in [0.2, 0.25) is 0 Å². The molecule has 4 heteroatoms. The molecule has 92 valence electrons. The van der Waals surface area contributed by atoms with Crippen LogP contribution in [0.15, 0.2) is 18.2 Å². The van der Waals surface area contributed by atoms with Crippen molar-refractivity contribution in [1.82, 2.24) is 0 Å². The Kier molecular flexibility index (Phi) is 5.31. The van der Waals surface area contributed by atoms with Crippen LogP contribution in [0.5, 0.6) is 11.5 Å². The smallest absolute Gasteiger partial charge is 0.174 e. The molecule has 1 aromatic rings. The van der Waals surface area contributed by atoms with Gasteiger partial charge in [0.15, 0.2) is 6.61 Å². The lowest BCUT2D eigenvalue weighted by atomic mass is 10.0. The van der Waals surface area contributed by atoms with Gasteiger partial charge >= 0.3 is 0 Å². The molecule has 4 nitrogen and oxygen atoms in total. The lowest BCUT2D eigenvalue weighted by Crippen LogP contribution is -2.21. The van der Waals surface area contributed by atoms with Crippen LogP contribution in [-0.4, -0.2) is 19.8 Å². The predicted molar refractivity (Wildman–Crippen MR) is 66.1 cm³/mol. The Balaban J connectivity index is 2.89. The molecule has 1 aromatic carbocycles. The maximum atomic E-state index is 8.54. The fourth-order valence-corrected chi connectivity index (χ4v) is 1.50. The standard InChI is InChI=1S/C13H18N2O2/c1-3-11(15)8-10-4-5-12(16-2)9-13(10)17-7-6-14/h4-5,9,11H,3,7-8,15H2,1-2H3. The van der Waals surface area contributed by atoms with Gasteiger partial charge in [-0.3, -0.25) is 0 Å². The minimum absolute atomic E-state index is 0.0293. The van der Waals surface area contributed by atoms with Crippen LogP contribution in [0.2, 0.25) is 0 Å². The highest BCUT2D eigenvalue weighted by Gasteiger charge is 2.09. The highest BCUT2D eigenvalue weighted by molar-refractivity contribution is 5.41. The summed E-state index contributed by atoms with van der Waals surface area (Å²) in [6.07, 6.45) is 1.64. The zero-order chi connectivity index (χ0) is 12.7. The van der Waals surface area contributed by atoms with Crippen LogP contribution in [0.1, 0.15) is 18.9 Å². The summed E-state index contributed by atoms with van der Waals surface area (Å²) in [7, 11) is 1.60. The van der Waals surface area contributed by atoms with E-state index in [2.05, 4.69) is 0 Å². The fourth-order valence-electron chi connectivity index (χ4n) is 1.50. The maximum Gasteiger partial charge on any atom is 0.174 e. The number of ether oxygens (including phenoxy) is 2. The van der Waals surface area contributed by atoms with Crippen LogP contribution >= 0.6 is 0 Å². The third-order valence-corrected chi connectivity index (χ3v) is 2.57. The van der Waals surface area contributed by atoms with Gasteiger partial charge in [-0.1, -0.05) is 13.0 Å². The molecule has 0 aliphatic rings. The first-order chi connectivity index (χ1) is 8.21. The van der Waals surface area contributed by atoms with Crippen molar-refractivity contribution in [3.8, 4) is 17.6 Å². The molecule has 0 aliphatic heterocycles. The first-order valence-electron chi connectivity index (χ1n) is 5.63. The Morgan fingerprint density at radius 2 is 2.24 bits per heavy atom. The lowest BCUT2D eigenvalue weighted by Gasteiger charge is -2.14. The summed E-state index contributed by atoms with van der Waals surface area (Å²) in [5, 5.41) is 8.54. The lowest BCUT2D eigenvalue weighted by molar-refractivity contribution is 0.356. The quantitative estimate of drug-likeness (QED) is 0.816. The zero-order valence-electron chi connectivity index (χ0n) is 10.3. The molecule has 1 unspecified atom stereocenters. The van der Waals surface area contributed by atoms with Crippen LogP contribution in [-0.2, 0) is 6.42 Å². The monoisotopic (exact) mass is 234 g/mol. The van der Waals surface area contributed by atoms with Crippen molar-refractivity contribution in [2.75, 3.05) is 13.7 Å². The molecule has 0 fully saturated rings. The van der Waals surface area contributed by atoms with Gasteiger partial charge in [0.05, 0.1) is 7.11 Å². The Morgan fingerprint density at radius 1 is 1.47 bits per heavy atom. The van der Waals surface area contributed by atoms with E-state index >= 15 is 0 Å². The van der Waals surface area contributed by atoms with Gasteiger partial charge in [-0.05, 0) is 24.5 Å². The second kappa shape index (κ2) is 6.77. The number of rotatable bonds is 6. The molecule has 0 heterocycles.